The highest BCUT2D eigenvalue weighted by Gasteiger charge is 2.07. The molecule has 0 heterocycles. The first kappa shape index (κ1) is 16.4. The molecule has 2 rings (SSSR count). The largest absolute Gasteiger partial charge is 0.504 e. The van der Waals surface area contributed by atoms with Crippen LogP contribution in [0.4, 0.5) is 0 Å². The van der Waals surface area contributed by atoms with Crippen LogP contribution in [0.3, 0.4) is 0 Å². The van der Waals surface area contributed by atoms with Crippen LogP contribution in [0.2, 0.25) is 0 Å². The Morgan fingerprint density at radius 2 is 1.91 bits per heavy atom. The second kappa shape index (κ2) is 7.88. The summed E-state index contributed by atoms with van der Waals surface area (Å²) >= 11 is 2.05. The van der Waals surface area contributed by atoms with Gasteiger partial charge in [-0.25, -0.2) is 0 Å². The Labute approximate surface area is 143 Å². The van der Waals surface area contributed by atoms with Crippen molar-refractivity contribution in [3.8, 4) is 17.2 Å². The minimum absolute atomic E-state index is 0.141. The molecule has 0 saturated carbocycles. The monoisotopic (exact) mass is 412 g/mol. The number of hydrogen-bond donors (Lipinski definition) is 2. The molecule has 0 amide bonds. The summed E-state index contributed by atoms with van der Waals surface area (Å²) < 4.78 is 11.1. The van der Waals surface area contributed by atoms with Gasteiger partial charge in [-0.3, -0.25) is 0 Å². The number of rotatable bonds is 6. The van der Waals surface area contributed by atoms with Crippen LogP contribution in [0.1, 0.15) is 11.1 Å². The number of aromatic hydroxyl groups is 1. The van der Waals surface area contributed by atoms with Crippen molar-refractivity contribution in [3.05, 3.63) is 51.1 Å². The maximum Gasteiger partial charge on any atom is 0.171 e. The van der Waals surface area contributed by atoms with Crippen LogP contribution in [0, 0.1) is 3.57 Å². The number of phenolic OH excluding ortho intramolecular Hbond substituents is 1. The van der Waals surface area contributed by atoms with Crippen LogP contribution in [-0.2, 0) is 6.54 Å². The first-order chi connectivity index (χ1) is 10.7. The van der Waals surface area contributed by atoms with Gasteiger partial charge in [0.25, 0.3) is 0 Å². The molecule has 0 aromatic heterocycles. The lowest BCUT2D eigenvalue weighted by Crippen LogP contribution is -2.07. The maximum absolute atomic E-state index is 9.79. The molecule has 0 aliphatic rings. The summed E-state index contributed by atoms with van der Waals surface area (Å²) in [4.78, 5) is 0. The summed E-state index contributed by atoms with van der Waals surface area (Å²) in [5.41, 5.74) is 4.85. The summed E-state index contributed by atoms with van der Waals surface area (Å²) in [5, 5.41) is 14.0. The molecule has 0 bridgehead atoms. The summed E-state index contributed by atoms with van der Waals surface area (Å²) in [6.07, 6.45) is 1.68. The van der Waals surface area contributed by atoms with E-state index in [9.17, 15) is 5.11 Å². The van der Waals surface area contributed by atoms with Gasteiger partial charge in [0, 0.05) is 5.56 Å². The van der Waals surface area contributed by atoms with E-state index in [-0.39, 0.29) is 5.75 Å². The lowest BCUT2D eigenvalue weighted by Gasteiger charge is -2.08. The van der Waals surface area contributed by atoms with Crippen LogP contribution in [0.15, 0.2) is 41.5 Å². The molecule has 0 aliphatic carbocycles. The Kier molecular flexibility index (Phi) is 5.88. The number of phenols is 1. The molecular formula is C16H17IN2O3. The highest BCUT2D eigenvalue weighted by molar-refractivity contribution is 14.1. The fraction of sp³-hybridized carbons (Fsp3) is 0.188. The van der Waals surface area contributed by atoms with Crippen molar-refractivity contribution in [3.63, 3.8) is 0 Å². The van der Waals surface area contributed by atoms with Gasteiger partial charge in [0.2, 0.25) is 0 Å². The predicted octanol–water partition coefficient (Wildman–Crippen LogP) is 3.14. The van der Waals surface area contributed by atoms with Crippen LogP contribution in [0.5, 0.6) is 17.2 Å². The van der Waals surface area contributed by atoms with Gasteiger partial charge in [0.1, 0.15) is 5.75 Å². The van der Waals surface area contributed by atoms with Gasteiger partial charge < -0.3 is 20.0 Å². The molecule has 0 spiro atoms. The van der Waals surface area contributed by atoms with E-state index in [0.717, 1.165) is 16.9 Å². The van der Waals surface area contributed by atoms with E-state index >= 15 is 0 Å². The molecule has 5 nitrogen and oxygen atoms in total. The van der Waals surface area contributed by atoms with Crippen LogP contribution >= 0.6 is 22.6 Å². The average molecular weight is 412 g/mol. The first-order valence-corrected chi connectivity index (χ1v) is 7.68. The van der Waals surface area contributed by atoms with Crippen molar-refractivity contribution in [1.29, 1.82) is 0 Å². The average Bonchev–Trinajstić information content (AvgIpc) is 2.54. The van der Waals surface area contributed by atoms with E-state index in [2.05, 4.69) is 33.1 Å². The minimum Gasteiger partial charge on any atom is -0.504 e. The summed E-state index contributed by atoms with van der Waals surface area (Å²) in [5.74, 6) is 1.39. The number of nitrogens with zero attached hydrogens (tertiary/aromatic N) is 1. The Hall–Kier alpha value is -1.96. The zero-order valence-electron chi connectivity index (χ0n) is 12.3. The van der Waals surface area contributed by atoms with E-state index in [1.165, 1.54) is 7.11 Å². The van der Waals surface area contributed by atoms with Gasteiger partial charge in [-0.1, -0.05) is 18.2 Å². The topological polar surface area (TPSA) is 63.1 Å². The highest BCUT2D eigenvalue weighted by Crippen LogP contribution is 2.31. The molecule has 2 N–H and O–H groups in total. The smallest absolute Gasteiger partial charge is 0.171 e. The molecular weight excluding hydrogens is 395 g/mol. The number of hydrazone groups is 1. The quantitative estimate of drug-likeness (QED) is 0.435. The van der Waals surface area contributed by atoms with Crippen molar-refractivity contribution >= 4 is 28.8 Å². The molecule has 22 heavy (non-hydrogen) atoms. The first-order valence-electron chi connectivity index (χ1n) is 6.60. The molecule has 0 unspecified atom stereocenters. The molecule has 0 saturated heterocycles. The van der Waals surface area contributed by atoms with Gasteiger partial charge in [0.05, 0.1) is 30.5 Å². The normalized spacial score (nSPS) is 10.7. The van der Waals surface area contributed by atoms with Gasteiger partial charge >= 0.3 is 0 Å². The van der Waals surface area contributed by atoms with Gasteiger partial charge in [-0.2, -0.15) is 5.10 Å². The van der Waals surface area contributed by atoms with Crippen LogP contribution < -0.4 is 14.9 Å². The molecule has 0 fully saturated rings. The number of halogens is 1. The summed E-state index contributed by atoms with van der Waals surface area (Å²) in [6, 6.07) is 11.3. The van der Waals surface area contributed by atoms with E-state index in [1.807, 2.05) is 30.3 Å². The Morgan fingerprint density at radius 3 is 2.64 bits per heavy atom. The Bertz CT molecular complexity index is 674. The van der Waals surface area contributed by atoms with E-state index in [0.29, 0.717) is 15.9 Å². The van der Waals surface area contributed by atoms with Gasteiger partial charge in [-0.15, -0.1) is 0 Å². The van der Waals surface area contributed by atoms with Crippen LogP contribution in [0.25, 0.3) is 0 Å². The third-order valence-corrected chi connectivity index (χ3v) is 3.86. The summed E-state index contributed by atoms with van der Waals surface area (Å²) in [7, 11) is 3.17. The molecule has 2 aromatic carbocycles. The number of benzene rings is 2. The third kappa shape index (κ3) is 4.03. The van der Waals surface area contributed by atoms with Crippen molar-refractivity contribution in [2.75, 3.05) is 14.2 Å². The SMILES string of the molecule is COc1ccccc1CN/N=C\c1cc(I)c(O)c(OC)c1. The Balaban J connectivity index is 2.02. The van der Waals surface area contributed by atoms with E-state index in [1.54, 1.807) is 19.4 Å². The third-order valence-electron chi connectivity index (χ3n) is 3.04. The second-order valence-electron chi connectivity index (χ2n) is 4.46. The standard InChI is InChI=1S/C16H17IN2O3/c1-21-14-6-4-3-5-12(14)10-19-18-9-11-7-13(17)16(20)15(8-11)22-2/h3-9,19-20H,10H2,1-2H3/b18-9-. The van der Waals surface area contributed by atoms with E-state index in [4.69, 9.17) is 9.47 Å². The van der Waals surface area contributed by atoms with Crippen LogP contribution in [-0.4, -0.2) is 25.5 Å². The van der Waals surface area contributed by atoms with Gasteiger partial charge in [-0.05, 0) is 46.4 Å². The number of methoxy groups -OCH3 is 2. The van der Waals surface area contributed by atoms with Crippen molar-refractivity contribution in [1.82, 2.24) is 5.43 Å². The Morgan fingerprint density at radius 1 is 1.18 bits per heavy atom. The zero-order valence-corrected chi connectivity index (χ0v) is 14.5. The molecule has 0 radical (unpaired) electrons. The van der Waals surface area contributed by atoms with E-state index < -0.39 is 0 Å². The number of nitrogens with one attached hydrogen (secondary N) is 1. The maximum atomic E-state index is 9.79. The summed E-state index contributed by atoms with van der Waals surface area (Å²) in [6.45, 7) is 0.562. The predicted molar refractivity (Wildman–Crippen MR) is 94.8 cm³/mol. The molecule has 116 valence electrons. The lowest BCUT2D eigenvalue weighted by atomic mass is 10.2. The van der Waals surface area contributed by atoms with Crippen molar-refractivity contribution in [2.24, 2.45) is 5.10 Å². The van der Waals surface area contributed by atoms with Gasteiger partial charge in [0.15, 0.2) is 11.5 Å². The van der Waals surface area contributed by atoms with Crippen molar-refractivity contribution in [2.45, 2.75) is 6.54 Å². The molecule has 6 heteroatoms. The number of para-hydroxylation sites is 1. The number of ether oxygens (including phenoxy) is 2. The fourth-order valence-electron chi connectivity index (χ4n) is 1.92. The lowest BCUT2D eigenvalue weighted by molar-refractivity contribution is 0.371. The minimum atomic E-state index is 0.141. The highest BCUT2D eigenvalue weighted by atomic mass is 127. The second-order valence-corrected chi connectivity index (χ2v) is 5.62. The fourth-order valence-corrected chi connectivity index (χ4v) is 2.55. The number of hydrogen-bond acceptors (Lipinski definition) is 5. The molecule has 0 atom stereocenters. The van der Waals surface area contributed by atoms with Crippen molar-refractivity contribution < 1.29 is 14.6 Å². The molecule has 0 aliphatic heterocycles. The zero-order chi connectivity index (χ0) is 15.9. The molecule has 2 aromatic rings.